The smallest absolute Gasteiger partial charge is 0.00908 e. The van der Waals surface area contributed by atoms with Gasteiger partial charge < -0.3 is 0 Å². The molecule has 0 heteroatoms. The van der Waals surface area contributed by atoms with Crippen LogP contribution in [0.5, 0.6) is 0 Å². The molecule has 1 aromatic carbocycles. The molecule has 0 aromatic heterocycles. The van der Waals surface area contributed by atoms with Crippen LogP contribution in [0, 0.1) is 35.5 Å². The van der Waals surface area contributed by atoms with E-state index in [9.17, 15) is 0 Å². The lowest BCUT2D eigenvalue weighted by atomic mass is 9.67. The molecule has 14 heavy (non-hydrogen) atoms. The first-order chi connectivity index (χ1) is 6.98. The van der Waals surface area contributed by atoms with Crippen LogP contribution in [0.2, 0.25) is 0 Å². The molecule has 0 spiro atoms. The second-order valence-electron chi connectivity index (χ2n) is 6.14. The van der Waals surface area contributed by atoms with Crippen molar-refractivity contribution in [2.45, 2.75) is 11.8 Å². The van der Waals surface area contributed by atoms with Crippen molar-refractivity contribution in [3.63, 3.8) is 0 Å². The van der Waals surface area contributed by atoms with Gasteiger partial charge in [0.15, 0.2) is 0 Å². The first-order valence-corrected chi connectivity index (χ1v) is 6.07. The molecule has 0 radical (unpaired) electrons. The van der Waals surface area contributed by atoms with E-state index in [1.54, 1.807) is 11.1 Å². The van der Waals surface area contributed by atoms with Crippen molar-refractivity contribution >= 4 is 0 Å². The highest BCUT2D eigenvalue weighted by Gasteiger charge is 2.88. The van der Waals surface area contributed by atoms with Crippen molar-refractivity contribution in [3.05, 3.63) is 35.4 Å². The molecular formula is C14H12. The lowest BCUT2D eigenvalue weighted by Crippen LogP contribution is -2.26. The molecule has 4 saturated carbocycles. The average Bonchev–Trinajstić information content (AvgIpc) is 3.06. The van der Waals surface area contributed by atoms with E-state index in [4.69, 9.17) is 0 Å². The van der Waals surface area contributed by atoms with Crippen molar-refractivity contribution in [1.82, 2.24) is 0 Å². The Morgan fingerprint density at radius 3 is 1.43 bits per heavy atom. The minimum Gasteiger partial charge on any atom is -0.0620 e. The standard InChI is InChI=1S/C14H12/c1-2-4-6-5(3-1)7-9-11-8(6)12-10(7)14(12)13(9)11/h1-4,7-14H/t7?,8?,9-,10-,11-,12+,13?,14?/m0/s1. The van der Waals surface area contributed by atoms with Crippen LogP contribution in [-0.2, 0) is 0 Å². The summed E-state index contributed by atoms with van der Waals surface area (Å²) in [5.41, 5.74) is 3.53. The molecule has 0 nitrogen and oxygen atoms in total. The van der Waals surface area contributed by atoms with E-state index in [1.165, 1.54) is 11.8 Å². The van der Waals surface area contributed by atoms with Crippen LogP contribution in [0.3, 0.4) is 0 Å². The maximum Gasteiger partial charge on any atom is -0.00908 e. The first kappa shape index (κ1) is 5.95. The van der Waals surface area contributed by atoms with Gasteiger partial charge >= 0.3 is 0 Å². The molecule has 8 atom stereocenters. The van der Waals surface area contributed by atoms with Gasteiger partial charge in [0.2, 0.25) is 0 Å². The maximum absolute atomic E-state index is 2.43. The fourth-order valence-electron chi connectivity index (χ4n) is 6.17. The molecule has 68 valence electrons. The van der Waals surface area contributed by atoms with Crippen LogP contribution in [0.4, 0.5) is 0 Å². The van der Waals surface area contributed by atoms with Crippen LogP contribution in [0.15, 0.2) is 24.3 Å². The summed E-state index contributed by atoms with van der Waals surface area (Å²) < 4.78 is 0. The highest BCUT2D eigenvalue weighted by Crippen LogP contribution is 2.94. The lowest BCUT2D eigenvalue weighted by Gasteiger charge is -2.37. The van der Waals surface area contributed by atoms with E-state index in [2.05, 4.69) is 24.3 Å². The summed E-state index contributed by atoms with van der Waals surface area (Å²) in [7, 11) is 0. The second-order valence-corrected chi connectivity index (χ2v) is 6.14. The summed E-state index contributed by atoms with van der Waals surface area (Å²) in [5.74, 6) is 9.11. The first-order valence-electron chi connectivity index (χ1n) is 6.07. The van der Waals surface area contributed by atoms with E-state index in [1.807, 2.05) is 0 Å². The molecule has 4 unspecified atom stereocenters. The van der Waals surface area contributed by atoms with Crippen molar-refractivity contribution in [1.29, 1.82) is 0 Å². The molecule has 0 aliphatic heterocycles. The third kappa shape index (κ3) is 0.346. The van der Waals surface area contributed by atoms with E-state index < -0.39 is 0 Å². The van der Waals surface area contributed by atoms with Gasteiger partial charge in [-0.25, -0.2) is 0 Å². The van der Waals surface area contributed by atoms with Crippen molar-refractivity contribution < 1.29 is 0 Å². The highest BCUT2D eigenvalue weighted by atomic mass is 14.9. The minimum atomic E-state index is 1.03. The van der Waals surface area contributed by atoms with E-state index >= 15 is 0 Å². The molecule has 0 heterocycles. The Labute approximate surface area is 83.3 Å². The zero-order chi connectivity index (χ0) is 8.60. The van der Waals surface area contributed by atoms with Gasteiger partial charge in [-0.2, -0.15) is 0 Å². The van der Waals surface area contributed by atoms with Crippen molar-refractivity contribution in [2.75, 3.05) is 0 Å². The largest absolute Gasteiger partial charge is 0.0620 e. The molecule has 0 saturated heterocycles. The molecule has 4 fully saturated rings. The van der Waals surface area contributed by atoms with Gasteiger partial charge in [0.1, 0.15) is 0 Å². The molecule has 0 amide bonds. The number of hydrogen-bond acceptors (Lipinski definition) is 0. The van der Waals surface area contributed by atoms with E-state index in [0.29, 0.717) is 0 Å². The highest BCUT2D eigenvalue weighted by molar-refractivity contribution is 5.55. The summed E-state index contributed by atoms with van der Waals surface area (Å²) >= 11 is 0. The summed E-state index contributed by atoms with van der Waals surface area (Å²) in [4.78, 5) is 0. The summed E-state index contributed by atoms with van der Waals surface area (Å²) in [6.45, 7) is 0. The minimum absolute atomic E-state index is 1.03. The van der Waals surface area contributed by atoms with E-state index in [-0.39, 0.29) is 0 Å². The average molecular weight is 180 g/mol. The van der Waals surface area contributed by atoms with Crippen LogP contribution in [-0.4, -0.2) is 0 Å². The molecule has 6 aliphatic carbocycles. The molecule has 7 rings (SSSR count). The van der Waals surface area contributed by atoms with Gasteiger partial charge in [-0.05, 0) is 58.5 Å². The van der Waals surface area contributed by atoms with Crippen molar-refractivity contribution in [2.24, 2.45) is 35.5 Å². The van der Waals surface area contributed by atoms with Crippen molar-refractivity contribution in [3.8, 4) is 0 Å². The Morgan fingerprint density at radius 2 is 1.00 bits per heavy atom. The zero-order valence-electron chi connectivity index (χ0n) is 7.93. The molecule has 1 aromatic rings. The van der Waals surface area contributed by atoms with Crippen LogP contribution in [0.1, 0.15) is 23.0 Å². The molecule has 0 N–H and O–H groups in total. The van der Waals surface area contributed by atoms with Crippen LogP contribution >= 0.6 is 0 Å². The van der Waals surface area contributed by atoms with Crippen LogP contribution < -0.4 is 0 Å². The Hall–Kier alpha value is -0.780. The maximum atomic E-state index is 2.43. The fraction of sp³-hybridized carbons (Fsp3) is 0.571. The zero-order valence-corrected chi connectivity index (χ0v) is 7.93. The normalized spacial score (nSPS) is 66.6. The SMILES string of the molecule is c1ccc2c(c1)C1[C@@H]3C4C5[C@@H]1[C@H]5C2[C@H]43. The predicted octanol–water partition coefficient (Wildman–Crippen LogP) is 2.62. The monoisotopic (exact) mass is 180 g/mol. The molecular weight excluding hydrogens is 168 g/mol. The Kier molecular flexibility index (Phi) is 0.592. The van der Waals surface area contributed by atoms with Gasteiger partial charge in [0.25, 0.3) is 0 Å². The third-order valence-electron chi connectivity index (χ3n) is 6.20. The van der Waals surface area contributed by atoms with Gasteiger partial charge in [-0.3, -0.25) is 0 Å². The Balaban J connectivity index is 1.80. The van der Waals surface area contributed by atoms with Gasteiger partial charge in [0, 0.05) is 0 Å². The van der Waals surface area contributed by atoms with Gasteiger partial charge in [-0.15, -0.1) is 0 Å². The predicted molar refractivity (Wildman–Crippen MR) is 52.9 cm³/mol. The number of rotatable bonds is 0. The quantitative estimate of drug-likeness (QED) is 0.575. The lowest BCUT2D eigenvalue weighted by molar-refractivity contribution is 0.320. The molecule has 2 bridgehead atoms. The topological polar surface area (TPSA) is 0 Å². The third-order valence-corrected chi connectivity index (χ3v) is 6.20. The summed E-state index contributed by atoms with van der Waals surface area (Å²) in [5, 5.41) is 0. The van der Waals surface area contributed by atoms with Gasteiger partial charge in [-0.1, -0.05) is 24.3 Å². The summed E-state index contributed by atoms with van der Waals surface area (Å²) in [6, 6.07) is 9.36. The van der Waals surface area contributed by atoms with E-state index in [0.717, 1.165) is 35.5 Å². The van der Waals surface area contributed by atoms with Crippen LogP contribution in [0.25, 0.3) is 0 Å². The summed E-state index contributed by atoms with van der Waals surface area (Å²) in [6.07, 6.45) is 0. The molecule has 6 aliphatic rings. The van der Waals surface area contributed by atoms with Gasteiger partial charge in [0.05, 0.1) is 0 Å². The second kappa shape index (κ2) is 1.39. The fourth-order valence-corrected chi connectivity index (χ4v) is 6.17. The Morgan fingerprint density at radius 1 is 0.571 bits per heavy atom. The number of hydrogen-bond donors (Lipinski definition) is 0. The number of benzene rings is 1. The Bertz CT molecular complexity index is 424.